The number of rotatable bonds is 5. The van der Waals surface area contributed by atoms with Gasteiger partial charge in [-0.3, -0.25) is 0 Å². The second-order valence-electron chi connectivity index (χ2n) is 8.25. The van der Waals surface area contributed by atoms with E-state index in [1.807, 2.05) is 0 Å². The molecule has 0 aliphatic carbocycles. The van der Waals surface area contributed by atoms with Gasteiger partial charge in [-0.1, -0.05) is 26.7 Å². The predicted molar refractivity (Wildman–Crippen MR) is 122 cm³/mol. The quantitative estimate of drug-likeness (QED) is 0.387. The first kappa shape index (κ1) is 22.4. The molecule has 3 heterocycles. The third-order valence-electron chi connectivity index (χ3n) is 5.83. The van der Waals surface area contributed by atoms with E-state index in [9.17, 15) is 0 Å². The van der Waals surface area contributed by atoms with E-state index in [4.69, 9.17) is 4.99 Å². The zero-order valence-corrected chi connectivity index (χ0v) is 19.7. The summed E-state index contributed by atoms with van der Waals surface area (Å²) in [4.78, 5) is 7.41. The summed E-state index contributed by atoms with van der Waals surface area (Å²) >= 11 is 0. The Morgan fingerprint density at radius 1 is 1.15 bits per heavy atom. The molecule has 2 aliphatic rings. The molecular weight excluding hydrogens is 451 g/mol. The van der Waals surface area contributed by atoms with Crippen molar-refractivity contribution in [3.8, 4) is 0 Å². The minimum Gasteiger partial charge on any atom is -0.357 e. The van der Waals surface area contributed by atoms with E-state index >= 15 is 0 Å². The molecule has 7 heteroatoms. The lowest BCUT2D eigenvalue weighted by Crippen LogP contribution is -2.49. The number of fused-ring (bicyclic) bond motifs is 1. The Labute approximate surface area is 181 Å². The molecule has 0 amide bonds. The van der Waals surface area contributed by atoms with E-state index in [0.717, 1.165) is 50.2 Å². The third kappa shape index (κ3) is 5.81. The average Bonchev–Trinajstić information content (AvgIpc) is 2.85. The molecule has 1 saturated heterocycles. The number of nitrogens with one attached hydrogen (secondary N) is 1. The summed E-state index contributed by atoms with van der Waals surface area (Å²) in [6.45, 7) is 11.6. The smallest absolute Gasteiger partial charge is 0.194 e. The first-order valence-corrected chi connectivity index (χ1v) is 10.6. The summed E-state index contributed by atoms with van der Waals surface area (Å²) < 4.78 is 2.30. The fourth-order valence-electron chi connectivity index (χ4n) is 4.54. The Morgan fingerprint density at radius 2 is 2.00 bits per heavy atom. The number of hydrogen-bond acceptors (Lipinski definition) is 3. The first-order valence-electron chi connectivity index (χ1n) is 10.6. The number of aryl methyl sites for hydroxylation is 1. The summed E-state index contributed by atoms with van der Waals surface area (Å²) in [7, 11) is 0. The molecule has 1 unspecified atom stereocenters. The molecule has 3 rings (SSSR count). The minimum atomic E-state index is 0. The molecular formula is C20H37IN6. The molecule has 0 radical (unpaired) electrons. The molecule has 6 nitrogen and oxygen atoms in total. The number of aromatic nitrogens is 3. The fourth-order valence-corrected chi connectivity index (χ4v) is 4.54. The van der Waals surface area contributed by atoms with Crippen LogP contribution in [0.3, 0.4) is 0 Å². The van der Waals surface area contributed by atoms with Crippen LogP contribution in [0.25, 0.3) is 0 Å². The highest BCUT2D eigenvalue weighted by atomic mass is 127. The maximum atomic E-state index is 4.95. The van der Waals surface area contributed by atoms with Crippen LogP contribution >= 0.6 is 24.0 Å². The van der Waals surface area contributed by atoms with Gasteiger partial charge in [0.05, 0.1) is 0 Å². The Kier molecular flexibility index (Phi) is 8.82. The van der Waals surface area contributed by atoms with E-state index in [2.05, 4.69) is 45.8 Å². The number of halogens is 1. The number of likely N-dealkylation sites (tertiary alicyclic amines) is 1. The van der Waals surface area contributed by atoms with E-state index in [0.29, 0.717) is 12.0 Å². The average molecular weight is 488 g/mol. The fraction of sp³-hybridized carbons (Fsp3) is 0.850. The molecule has 1 atom stereocenters. The maximum Gasteiger partial charge on any atom is 0.194 e. The van der Waals surface area contributed by atoms with Crippen LogP contribution in [-0.2, 0) is 19.5 Å². The summed E-state index contributed by atoms with van der Waals surface area (Å²) in [5, 5.41) is 12.4. The second kappa shape index (κ2) is 10.6. The Hall–Kier alpha value is -0.860. The van der Waals surface area contributed by atoms with Crippen molar-refractivity contribution in [3.05, 3.63) is 11.6 Å². The predicted octanol–water partition coefficient (Wildman–Crippen LogP) is 3.99. The van der Waals surface area contributed by atoms with Crippen molar-refractivity contribution in [3.63, 3.8) is 0 Å². The maximum absolute atomic E-state index is 4.95. The van der Waals surface area contributed by atoms with Gasteiger partial charge in [0.1, 0.15) is 12.4 Å². The zero-order valence-electron chi connectivity index (χ0n) is 17.3. The first-order chi connectivity index (χ1) is 12.6. The van der Waals surface area contributed by atoms with E-state index in [-0.39, 0.29) is 24.0 Å². The van der Waals surface area contributed by atoms with Crippen LogP contribution in [0.4, 0.5) is 0 Å². The van der Waals surface area contributed by atoms with Crippen LogP contribution < -0.4 is 5.32 Å². The van der Waals surface area contributed by atoms with Crippen molar-refractivity contribution in [1.29, 1.82) is 0 Å². The lowest BCUT2D eigenvalue weighted by Gasteiger charge is -2.42. The molecule has 0 saturated carbocycles. The summed E-state index contributed by atoms with van der Waals surface area (Å²) in [6.07, 6.45) is 9.92. The molecule has 1 aromatic rings. The molecule has 1 aromatic heterocycles. The normalized spacial score (nSPS) is 23.4. The van der Waals surface area contributed by atoms with Crippen molar-refractivity contribution in [2.24, 2.45) is 10.4 Å². The lowest BCUT2D eigenvalue weighted by atomic mass is 9.78. The zero-order chi connectivity index (χ0) is 18.4. The molecule has 1 fully saturated rings. The van der Waals surface area contributed by atoms with Gasteiger partial charge in [0.2, 0.25) is 0 Å². The Bertz CT molecular complexity index is 610. The number of piperidine rings is 1. The van der Waals surface area contributed by atoms with Gasteiger partial charge < -0.3 is 14.8 Å². The monoisotopic (exact) mass is 488 g/mol. The van der Waals surface area contributed by atoms with E-state index in [1.54, 1.807) is 0 Å². The number of aliphatic imine (C=N–C) groups is 1. The summed E-state index contributed by atoms with van der Waals surface area (Å²) in [5.41, 5.74) is 0.412. The summed E-state index contributed by atoms with van der Waals surface area (Å²) in [6, 6.07) is 0. The van der Waals surface area contributed by atoms with Crippen molar-refractivity contribution in [2.45, 2.75) is 85.2 Å². The molecule has 154 valence electrons. The van der Waals surface area contributed by atoms with Gasteiger partial charge in [-0.05, 0) is 44.4 Å². The van der Waals surface area contributed by atoms with Gasteiger partial charge in [0.25, 0.3) is 0 Å². The topological polar surface area (TPSA) is 58.3 Å². The number of guanidine groups is 1. The Balaban J connectivity index is 0.00000261. The van der Waals surface area contributed by atoms with Crippen molar-refractivity contribution < 1.29 is 0 Å². The van der Waals surface area contributed by atoms with Crippen LogP contribution in [-0.4, -0.2) is 45.3 Å². The van der Waals surface area contributed by atoms with Crippen LogP contribution in [0.2, 0.25) is 0 Å². The molecule has 2 aliphatic heterocycles. The third-order valence-corrected chi connectivity index (χ3v) is 5.83. The molecule has 0 spiro atoms. The highest BCUT2D eigenvalue weighted by Gasteiger charge is 2.31. The van der Waals surface area contributed by atoms with Gasteiger partial charge >= 0.3 is 0 Å². The molecule has 27 heavy (non-hydrogen) atoms. The SMILES string of the molecule is CCCC1(C)CCCN(C(=NCc2nnc3n2CCCCC3)NCC)C1.I. The van der Waals surface area contributed by atoms with Crippen molar-refractivity contribution in [2.75, 3.05) is 19.6 Å². The van der Waals surface area contributed by atoms with Gasteiger partial charge in [-0.15, -0.1) is 34.2 Å². The van der Waals surface area contributed by atoms with Gasteiger partial charge in [0.15, 0.2) is 11.8 Å². The van der Waals surface area contributed by atoms with Gasteiger partial charge in [-0.2, -0.15) is 0 Å². The number of nitrogens with zero attached hydrogens (tertiary/aromatic N) is 5. The Morgan fingerprint density at radius 3 is 2.78 bits per heavy atom. The largest absolute Gasteiger partial charge is 0.357 e. The summed E-state index contributed by atoms with van der Waals surface area (Å²) in [5.74, 6) is 3.21. The van der Waals surface area contributed by atoms with E-state index in [1.165, 1.54) is 44.9 Å². The van der Waals surface area contributed by atoms with Crippen LogP contribution in [0.5, 0.6) is 0 Å². The van der Waals surface area contributed by atoms with Crippen LogP contribution in [0.15, 0.2) is 4.99 Å². The van der Waals surface area contributed by atoms with Crippen LogP contribution in [0.1, 0.15) is 77.4 Å². The van der Waals surface area contributed by atoms with Crippen molar-refractivity contribution >= 4 is 29.9 Å². The standard InChI is InChI=1S/C20H36N6.HI/c1-4-11-20(3)12-9-13-25(16-20)19(21-5-2)22-15-18-24-23-17-10-7-6-8-14-26(17)18;/h4-16H2,1-3H3,(H,21,22);1H. The number of hydrogen-bond donors (Lipinski definition) is 1. The van der Waals surface area contributed by atoms with Gasteiger partial charge in [-0.25, -0.2) is 4.99 Å². The molecule has 0 bridgehead atoms. The highest BCUT2D eigenvalue weighted by molar-refractivity contribution is 14.0. The molecule has 1 N–H and O–H groups in total. The van der Waals surface area contributed by atoms with Gasteiger partial charge in [0, 0.05) is 32.6 Å². The van der Waals surface area contributed by atoms with E-state index < -0.39 is 0 Å². The minimum absolute atomic E-state index is 0. The highest BCUT2D eigenvalue weighted by Crippen LogP contribution is 2.34. The van der Waals surface area contributed by atoms with Crippen LogP contribution in [0, 0.1) is 5.41 Å². The molecule has 0 aromatic carbocycles. The lowest BCUT2D eigenvalue weighted by molar-refractivity contribution is 0.142. The van der Waals surface area contributed by atoms with Crippen molar-refractivity contribution in [1.82, 2.24) is 25.0 Å². The second-order valence-corrected chi connectivity index (χ2v) is 8.25.